The summed E-state index contributed by atoms with van der Waals surface area (Å²) in [5.41, 5.74) is 2.13. The Morgan fingerprint density at radius 1 is 0.688 bits per heavy atom. The van der Waals surface area contributed by atoms with Crippen LogP contribution in [0, 0.1) is 0 Å². The van der Waals surface area contributed by atoms with Gasteiger partial charge in [-0.05, 0) is 0 Å². The number of benzene rings is 2. The Bertz CT molecular complexity index is 477. The first-order valence-electron chi connectivity index (χ1n) is 4.66. The Morgan fingerprint density at radius 2 is 1.25 bits per heavy atom. The van der Waals surface area contributed by atoms with Gasteiger partial charge >= 0.3 is 111 Å². The Morgan fingerprint density at radius 3 is 1.88 bits per heavy atom. The molecule has 0 atom stereocenters. The first-order chi connectivity index (χ1) is 7.59. The maximum atomic E-state index is 6.13. The van der Waals surface area contributed by atoms with Crippen LogP contribution in [0.4, 0.5) is 0 Å². The summed E-state index contributed by atoms with van der Waals surface area (Å²) in [6.07, 6.45) is 0. The van der Waals surface area contributed by atoms with Gasteiger partial charge < -0.3 is 0 Å². The molecule has 0 radical (unpaired) electrons. The second-order valence-corrected chi connectivity index (χ2v) is 19.3. The summed E-state index contributed by atoms with van der Waals surface area (Å²) in [4.78, 5) is 0. The second-order valence-electron chi connectivity index (χ2n) is 3.27. The van der Waals surface area contributed by atoms with Gasteiger partial charge in [0.15, 0.2) is 0 Å². The zero-order valence-electron chi connectivity index (χ0n) is 8.24. The zero-order valence-corrected chi connectivity index (χ0v) is 12.8. The van der Waals surface area contributed by atoms with Crippen molar-refractivity contribution in [2.24, 2.45) is 0 Å². The normalized spacial score (nSPS) is 12.4. The Kier molecular flexibility index (Phi) is 4.06. The van der Waals surface area contributed by atoms with E-state index in [1.165, 1.54) is 0 Å². The molecule has 0 saturated carbocycles. The molecule has 0 N–H and O–H groups in total. The minimum atomic E-state index is -3.38. The monoisotopic (exact) mass is 388 g/mol. The number of rotatable bonds is 2. The van der Waals surface area contributed by atoms with E-state index in [0.717, 1.165) is 14.7 Å². The molecule has 0 aliphatic heterocycles. The van der Waals surface area contributed by atoms with Crippen molar-refractivity contribution in [1.82, 2.24) is 0 Å². The summed E-state index contributed by atoms with van der Waals surface area (Å²) in [7, 11) is 18.4. The van der Waals surface area contributed by atoms with Crippen molar-refractivity contribution < 1.29 is 0 Å². The molecule has 2 aromatic carbocycles. The van der Waals surface area contributed by atoms with Gasteiger partial charge in [0.25, 0.3) is 0 Å². The second kappa shape index (κ2) is 5.17. The van der Waals surface area contributed by atoms with Crippen LogP contribution >= 0.6 is 26.9 Å². The molecular formula is C12H9Cl3Te. The molecule has 16 heavy (non-hydrogen) atoms. The fraction of sp³-hybridized carbons (Fsp3) is 0. The molecule has 2 rings (SSSR count). The van der Waals surface area contributed by atoms with Gasteiger partial charge in [-0.25, -0.2) is 0 Å². The minimum absolute atomic E-state index is 0.890. The molecule has 0 nitrogen and oxygen atoms in total. The molecule has 2 aromatic rings. The van der Waals surface area contributed by atoms with E-state index >= 15 is 0 Å². The quantitative estimate of drug-likeness (QED) is 0.678. The molecule has 4 heteroatoms. The molecule has 0 bridgehead atoms. The van der Waals surface area contributed by atoms with Crippen LogP contribution in [0.3, 0.4) is 0 Å². The Hall–Kier alpha value is 0.0996. The van der Waals surface area contributed by atoms with Crippen LogP contribution < -0.4 is 3.61 Å². The predicted molar refractivity (Wildman–Crippen MR) is 74.8 cm³/mol. The van der Waals surface area contributed by atoms with Gasteiger partial charge in [0.2, 0.25) is 0 Å². The van der Waals surface area contributed by atoms with Crippen LogP contribution in [0.1, 0.15) is 0 Å². The van der Waals surface area contributed by atoms with Crippen molar-refractivity contribution in [3.8, 4) is 11.1 Å². The summed E-state index contributed by atoms with van der Waals surface area (Å²) in [6, 6.07) is 17.8. The number of hydrogen-bond donors (Lipinski definition) is 0. The van der Waals surface area contributed by atoms with Gasteiger partial charge in [0, 0.05) is 0 Å². The van der Waals surface area contributed by atoms with Gasteiger partial charge in [-0.1, -0.05) is 0 Å². The van der Waals surface area contributed by atoms with E-state index in [4.69, 9.17) is 26.9 Å². The molecule has 0 aliphatic rings. The van der Waals surface area contributed by atoms with E-state index in [0.29, 0.717) is 0 Å². The average molecular weight is 387 g/mol. The summed E-state index contributed by atoms with van der Waals surface area (Å²) in [6.45, 7) is 0. The number of halogens is 3. The molecular weight excluding hydrogens is 378 g/mol. The standard InChI is InChI=1S/C12H9Cl3Te/c13-16(14,15)12-9-5-4-8-11(12)10-6-2-1-3-7-10/h1-9H. The van der Waals surface area contributed by atoms with Gasteiger partial charge in [-0.15, -0.1) is 0 Å². The molecule has 0 amide bonds. The molecule has 0 saturated heterocycles. The van der Waals surface area contributed by atoms with Crippen molar-refractivity contribution >= 4 is 45.3 Å². The van der Waals surface area contributed by atoms with E-state index in [1.807, 2.05) is 54.6 Å². The van der Waals surface area contributed by atoms with Crippen molar-refractivity contribution in [3.05, 3.63) is 54.6 Å². The summed E-state index contributed by atoms with van der Waals surface area (Å²) in [5, 5.41) is 0. The van der Waals surface area contributed by atoms with Crippen LogP contribution in [0.2, 0.25) is 0 Å². The van der Waals surface area contributed by atoms with Gasteiger partial charge in [-0.3, -0.25) is 0 Å². The van der Waals surface area contributed by atoms with Crippen LogP contribution in [0.25, 0.3) is 11.1 Å². The average Bonchev–Trinajstić information content (AvgIpc) is 2.29. The zero-order chi connectivity index (χ0) is 11.6. The molecule has 84 valence electrons. The molecule has 0 fully saturated rings. The molecule has 0 spiro atoms. The van der Waals surface area contributed by atoms with E-state index in [2.05, 4.69) is 0 Å². The van der Waals surface area contributed by atoms with Gasteiger partial charge in [-0.2, -0.15) is 0 Å². The first-order valence-corrected chi connectivity index (χ1v) is 14.7. The van der Waals surface area contributed by atoms with E-state index in [1.54, 1.807) is 0 Å². The third-order valence-corrected chi connectivity index (χ3v) is 8.01. The van der Waals surface area contributed by atoms with Gasteiger partial charge in [0.05, 0.1) is 0 Å². The summed E-state index contributed by atoms with van der Waals surface area (Å²) in [5.74, 6) is 0. The molecule has 0 aromatic heterocycles. The third-order valence-electron chi connectivity index (χ3n) is 2.22. The van der Waals surface area contributed by atoms with E-state index in [9.17, 15) is 0 Å². The molecule has 0 aliphatic carbocycles. The maximum absolute atomic E-state index is 6.13. The van der Waals surface area contributed by atoms with Crippen molar-refractivity contribution in [3.63, 3.8) is 0 Å². The van der Waals surface area contributed by atoms with Crippen LogP contribution in [0.5, 0.6) is 0 Å². The molecule has 0 heterocycles. The fourth-order valence-corrected chi connectivity index (χ4v) is 6.14. The molecule has 0 unspecified atom stereocenters. The van der Waals surface area contributed by atoms with Crippen LogP contribution in [-0.2, 0) is 0 Å². The summed E-state index contributed by atoms with van der Waals surface area (Å²) >= 11 is -3.38. The van der Waals surface area contributed by atoms with Crippen LogP contribution in [0.15, 0.2) is 54.6 Å². The summed E-state index contributed by atoms with van der Waals surface area (Å²) < 4.78 is 0.890. The van der Waals surface area contributed by atoms with Crippen LogP contribution in [-0.4, -0.2) is 14.8 Å². The predicted octanol–water partition coefficient (Wildman–Crippen LogP) is 4.22. The van der Waals surface area contributed by atoms with E-state index < -0.39 is 14.8 Å². The van der Waals surface area contributed by atoms with E-state index in [-0.39, 0.29) is 0 Å². The topological polar surface area (TPSA) is 0 Å². The SMILES string of the molecule is Cl[Te](Cl)(Cl)c1ccccc1-c1ccccc1. The van der Waals surface area contributed by atoms with Gasteiger partial charge in [0.1, 0.15) is 0 Å². The Labute approximate surface area is 110 Å². The van der Waals surface area contributed by atoms with Crippen molar-refractivity contribution in [1.29, 1.82) is 0 Å². The fourth-order valence-electron chi connectivity index (χ4n) is 1.52. The Balaban J connectivity index is 2.58. The van der Waals surface area contributed by atoms with Crippen molar-refractivity contribution in [2.75, 3.05) is 0 Å². The third kappa shape index (κ3) is 2.86. The first kappa shape index (κ1) is 12.6. The van der Waals surface area contributed by atoms with Crippen molar-refractivity contribution in [2.45, 2.75) is 0 Å². The number of hydrogen-bond acceptors (Lipinski definition) is 0.